The SMILES string of the molecule is CC1CCC(NC(=O)C2COc3ccccc3O2)C(C)N1. The standard InChI is InChI=1S/C16H22N2O3/c1-10-7-8-12(11(2)17-10)18-16(19)15-9-20-13-5-3-4-6-14(13)21-15/h3-6,10-12,15,17H,7-9H2,1-2H3,(H,18,19). The minimum atomic E-state index is -0.577. The van der Waals surface area contributed by atoms with Crippen LogP contribution in [-0.2, 0) is 4.79 Å². The van der Waals surface area contributed by atoms with Crippen molar-refractivity contribution >= 4 is 5.91 Å². The first-order valence-electron chi connectivity index (χ1n) is 7.58. The van der Waals surface area contributed by atoms with Gasteiger partial charge in [0.25, 0.3) is 5.91 Å². The molecule has 0 spiro atoms. The van der Waals surface area contributed by atoms with Crippen LogP contribution in [0.1, 0.15) is 26.7 Å². The number of nitrogens with one attached hydrogen (secondary N) is 2. The van der Waals surface area contributed by atoms with Gasteiger partial charge >= 0.3 is 0 Å². The summed E-state index contributed by atoms with van der Waals surface area (Å²) in [5.41, 5.74) is 0. The van der Waals surface area contributed by atoms with Crippen LogP contribution in [0.25, 0.3) is 0 Å². The number of carbonyl (C=O) groups is 1. The van der Waals surface area contributed by atoms with Crippen LogP contribution in [0, 0.1) is 0 Å². The zero-order valence-corrected chi connectivity index (χ0v) is 12.5. The first-order valence-corrected chi connectivity index (χ1v) is 7.58. The van der Waals surface area contributed by atoms with Crippen LogP contribution in [0.3, 0.4) is 0 Å². The van der Waals surface area contributed by atoms with Gasteiger partial charge in [0, 0.05) is 18.1 Å². The van der Waals surface area contributed by atoms with E-state index in [1.807, 2.05) is 24.3 Å². The van der Waals surface area contributed by atoms with Crippen molar-refractivity contribution in [2.45, 2.75) is 50.9 Å². The summed E-state index contributed by atoms with van der Waals surface area (Å²) in [6.45, 7) is 4.53. The fourth-order valence-electron chi connectivity index (χ4n) is 2.95. The van der Waals surface area contributed by atoms with Gasteiger partial charge in [-0.15, -0.1) is 0 Å². The number of hydrogen-bond acceptors (Lipinski definition) is 4. The lowest BCUT2D eigenvalue weighted by molar-refractivity contribution is -0.131. The molecule has 0 aliphatic carbocycles. The third-order valence-electron chi connectivity index (χ3n) is 4.19. The highest BCUT2D eigenvalue weighted by molar-refractivity contribution is 5.82. The number of piperidine rings is 1. The normalized spacial score (nSPS) is 31.5. The molecule has 0 saturated carbocycles. The maximum Gasteiger partial charge on any atom is 0.264 e. The van der Waals surface area contributed by atoms with E-state index >= 15 is 0 Å². The predicted molar refractivity (Wildman–Crippen MR) is 79.6 cm³/mol. The van der Waals surface area contributed by atoms with E-state index in [9.17, 15) is 4.79 Å². The molecule has 4 atom stereocenters. The summed E-state index contributed by atoms with van der Waals surface area (Å²) < 4.78 is 11.3. The maximum absolute atomic E-state index is 12.4. The zero-order valence-electron chi connectivity index (χ0n) is 12.5. The monoisotopic (exact) mass is 290 g/mol. The molecule has 2 aliphatic rings. The molecule has 1 aromatic rings. The van der Waals surface area contributed by atoms with E-state index in [-0.39, 0.29) is 24.6 Å². The Bertz CT molecular complexity index is 520. The van der Waals surface area contributed by atoms with Crippen LogP contribution < -0.4 is 20.1 Å². The predicted octanol–water partition coefficient (Wildman–Crippen LogP) is 1.47. The highest BCUT2D eigenvalue weighted by Crippen LogP contribution is 2.30. The molecule has 114 valence electrons. The van der Waals surface area contributed by atoms with Crippen molar-refractivity contribution in [1.29, 1.82) is 0 Å². The molecule has 2 heterocycles. The smallest absolute Gasteiger partial charge is 0.264 e. The van der Waals surface area contributed by atoms with Crippen molar-refractivity contribution in [1.82, 2.24) is 10.6 Å². The first-order chi connectivity index (χ1) is 10.1. The first kappa shape index (κ1) is 14.2. The van der Waals surface area contributed by atoms with Gasteiger partial charge in [-0.3, -0.25) is 4.79 Å². The summed E-state index contributed by atoms with van der Waals surface area (Å²) in [6, 6.07) is 8.35. The van der Waals surface area contributed by atoms with Crippen molar-refractivity contribution in [2.24, 2.45) is 0 Å². The van der Waals surface area contributed by atoms with E-state index in [1.54, 1.807) is 0 Å². The fraction of sp³-hybridized carbons (Fsp3) is 0.562. The number of rotatable bonds is 2. The molecule has 5 nitrogen and oxygen atoms in total. The lowest BCUT2D eigenvalue weighted by Gasteiger charge is -2.35. The number of benzene rings is 1. The van der Waals surface area contributed by atoms with E-state index in [1.165, 1.54) is 0 Å². The van der Waals surface area contributed by atoms with Crippen LogP contribution >= 0.6 is 0 Å². The van der Waals surface area contributed by atoms with Gasteiger partial charge in [0.05, 0.1) is 0 Å². The molecule has 1 amide bonds. The Hall–Kier alpha value is -1.75. The Kier molecular flexibility index (Phi) is 4.01. The van der Waals surface area contributed by atoms with Crippen LogP contribution in [0.5, 0.6) is 11.5 Å². The highest BCUT2D eigenvalue weighted by atomic mass is 16.6. The molecular weight excluding hydrogens is 268 g/mol. The minimum absolute atomic E-state index is 0.0993. The largest absolute Gasteiger partial charge is 0.485 e. The van der Waals surface area contributed by atoms with E-state index in [0.717, 1.165) is 12.8 Å². The van der Waals surface area contributed by atoms with Crippen molar-refractivity contribution < 1.29 is 14.3 Å². The summed E-state index contributed by atoms with van der Waals surface area (Å²) >= 11 is 0. The molecule has 2 aliphatic heterocycles. The Morgan fingerprint density at radius 3 is 2.76 bits per heavy atom. The third kappa shape index (κ3) is 3.13. The van der Waals surface area contributed by atoms with Gasteiger partial charge in [0.2, 0.25) is 6.10 Å². The van der Waals surface area contributed by atoms with Crippen molar-refractivity contribution in [3.05, 3.63) is 24.3 Å². The Balaban J connectivity index is 1.59. The summed E-state index contributed by atoms with van der Waals surface area (Å²) in [5.74, 6) is 1.23. The highest BCUT2D eigenvalue weighted by Gasteiger charge is 2.31. The molecule has 1 fully saturated rings. The van der Waals surface area contributed by atoms with Gasteiger partial charge in [-0.2, -0.15) is 0 Å². The molecule has 4 unspecified atom stereocenters. The number of amides is 1. The summed E-state index contributed by atoms with van der Waals surface area (Å²) in [4.78, 5) is 12.4. The Labute approximate surface area is 125 Å². The van der Waals surface area contributed by atoms with E-state index in [2.05, 4.69) is 24.5 Å². The van der Waals surface area contributed by atoms with Crippen LogP contribution in [-0.4, -0.2) is 36.7 Å². The van der Waals surface area contributed by atoms with E-state index < -0.39 is 6.10 Å². The molecule has 21 heavy (non-hydrogen) atoms. The fourth-order valence-corrected chi connectivity index (χ4v) is 2.95. The average molecular weight is 290 g/mol. The number of carbonyl (C=O) groups excluding carboxylic acids is 1. The second-order valence-electron chi connectivity index (χ2n) is 5.91. The molecule has 3 rings (SSSR count). The van der Waals surface area contributed by atoms with Crippen LogP contribution in [0.2, 0.25) is 0 Å². The van der Waals surface area contributed by atoms with Crippen LogP contribution in [0.15, 0.2) is 24.3 Å². The molecule has 0 bridgehead atoms. The van der Waals surface area contributed by atoms with Crippen molar-refractivity contribution in [2.75, 3.05) is 6.61 Å². The molecule has 0 aromatic heterocycles. The Morgan fingerprint density at radius 2 is 2.00 bits per heavy atom. The molecule has 5 heteroatoms. The summed E-state index contributed by atoms with van der Waals surface area (Å²) in [5, 5.41) is 6.55. The number of fused-ring (bicyclic) bond motifs is 1. The van der Waals surface area contributed by atoms with Gasteiger partial charge < -0.3 is 20.1 Å². The lowest BCUT2D eigenvalue weighted by atomic mass is 9.95. The second-order valence-corrected chi connectivity index (χ2v) is 5.91. The van der Waals surface area contributed by atoms with Gasteiger partial charge in [0.15, 0.2) is 11.5 Å². The third-order valence-corrected chi connectivity index (χ3v) is 4.19. The van der Waals surface area contributed by atoms with Crippen molar-refractivity contribution in [3.63, 3.8) is 0 Å². The Morgan fingerprint density at radius 1 is 1.24 bits per heavy atom. The summed E-state index contributed by atoms with van der Waals surface area (Å²) in [6.07, 6.45) is 1.48. The molecule has 2 N–H and O–H groups in total. The van der Waals surface area contributed by atoms with Crippen molar-refractivity contribution in [3.8, 4) is 11.5 Å². The van der Waals surface area contributed by atoms with Gasteiger partial charge in [0.1, 0.15) is 6.61 Å². The van der Waals surface area contributed by atoms with Gasteiger partial charge in [-0.25, -0.2) is 0 Å². The number of ether oxygens (including phenoxy) is 2. The average Bonchev–Trinajstić information content (AvgIpc) is 2.49. The molecule has 1 aromatic carbocycles. The summed E-state index contributed by atoms with van der Waals surface area (Å²) in [7, 11) is 0. The zero-order chi connectivity index (χ0) is 14.8. The quantitative estimate of drug-likeness (QED) is 0.866. The molecular formula is C16H22N2O3. The van der Waals surface area contributed by atoms with Gasteiger partial charge in [-0.05, 0) is 38.8 Å². The van der Waals surface area contributed by atoms with Gasteiger partial charge in [-0.1, -0.05) is 12.1 Å². The van der Waals surface area contributed by atoms with E-state index in [4.69, 9.17) is 9.47 Å². The van der Waals surface area contributed by atoms with Crippen LogP contribution in [0.4, 0.5) is 0 Å². The lowest BCUT2D eigenvalue weighted by Crippen LogP contribution is -2.57. The van der Waals surface area contributed by atoms with E-state index in [0.29, 0.717) is 17.5 Å². The molecule has 1 saturated heterocycles. The number of para-hydroxylation sites is 2. The second kappa shape index (κ2) is 5.93. The minimum Gasteiger partial charge on any atom is -0.485 e. The topological polar surface area (TPSA) is 59.6 Å². The maximum atomic E-state index is 12.4. The molecule has 0 radical (unpaired) electrons. The number of hydrogen-bond donors (Lipinski definition) is 2.